The van der Waals surface area contributed by atoms with Gasteiger partial charge in [0.05, 0.1) is 19.4 Å². The number of hydrogen-bond acceptors (Lipinski definition) is 5. The van der Waals surface area contributed by atoms with Crippen LogP contribution in [0.3, 0.4) is 0 Å². The summed E-state index contributed by atoms with van der Waals surface area (Å²) in [7, 11) is 1.32. The SMILES string of the molecule is COC(=O)[C@]1(NC(=O)c2nc(C)n3c2CCCC3)CCOC1. The van der Waals surface area contributed by atoms with Gasteiger partial charge in [-0.2, -0.15) is 0 Å². The van der Waals surface area contributed by atoms with E-state index in [2.05, 4.69) is 14.9 Å². The summed E-state index contributed by atoms with van der Waals surface area (Å²) < 4.78 is 12.2. The Morgan fingerprint density at radius 2 is 2.23 bits per heavy atom. The molecule has 0 saturated carbocycles. The predicted octanol–water partition coefficient (Wildman–Crippen LogP) is 0.590. The second kappa shape index (κ2) is 5.72. The number of aromatic nitrogens is 2. The van der Waals surface area contributed by atoms with Gasteiger partial charge in [-0.1, -0.05) is 0 Å². The van der Waals surface area contributed by atoms with Crippen LogP contribution < -0.4 is 5.32 Å². The van der Waals surface area contributed by atoms with Crippen molar-refractivity contribution >= 4 is 11.9 Å². The van der Waals surface area contributed by atoms with Crippen molar-refractivity contribution in [3.05, 3.63) is 17.2 Å². The van der Waals surface area contributed by atoms with E-state index in [0.717, 1.165) is 37.3 Å². The number of amides is 1. The Morgan fingerprint density at radius 1 is 1.41 bits per heavy atom. The van der Waals surface area contributed by atoms with Crippen LogP contribution in [0, 0.1) is 6.92 Å². The maximum absolute atomic E-state index is 12.7. The zero-order valence-corrected chi connectivity index (χ0v) is 13.0. The smallest absolute Gasteiger partial charge is 0.334 e. The molecule has 1 atom stereocenters. The Morgan fingerprint density at radius 3 is 2.91 bits per heavy atom. The highest BCUT2D eigenvalue weighted by Crippen LogP contribution is 2.24. The largest absolute Gasteiger partial charge is 0.467 e. The Labute approximate surface area is 129 Å². The van der Waals surface area contributed by atoms with E-state index in [-0.39, 0.29) is 12.5 Å². The van der Waals surface area contributed by atoms with Gasteiger partial charge < -0.3 is 19.4 Å². The van der Waals surface area contributed by atoms with Crippen LogP contribution in [0.25, 0.3) is 0 Å². The van der Waals surface area contributed by atoms with Gasteiger partial charge in [0.1, 0.15) is 11.5 Å². The number of rotatable bonds is 3. The molecule has 1 amide bonds. The molecule has 0 aliphatic carbocycles. The van der Waals surface area contributed by atoms with Gasteiger partial charge in [-0.25, -0.2) is 9.78 Å². The average Bonchev–Trinajstić information content (AvgIpc) is 3.13. The second-order valence-corrected chi connectivity index (χ2v) is 5.89. The summed E-state index contributed by atoms with van der Waals surface area (Å²) in [5.74, 6) is 0.0486. The molecule has 7 nitrogen and oxygen atoms in total. The van der Waals surface area contributed by atoms with Crippen LogP contribution >= 0.6 is 0 Å². The molecule has 1 aromatic rings. The Kier molecular flexibility index (Phi) is 3.90. The van der Waals surface area contributed by atoms with E-state index in [9.17, 15) is 9.59 Å². The van der Waals surface area contributed by atoms with Crippen LogP contribution in [0.4, 0.5) is 0 Å². The van der Waals surface area contributed by atoms with E-state index >= 15 is 0 Å². The van der Waals surface area contributed by atoms with Crippen molar-refractivity contribution in [3.8, 4) is 0 Å². The molecule has 0 bridgehead atoms. The van der Waals surface area contributed by atoms with E-state index in [1.54, 1.807) is 0 Å². The Hall–Kier alpha value is -1.89. The fraction of sp³-hybridized carbons (Fsp3) is 0.667. The highest BCUT2D eigenvalue weighted by atomic mass is 16.5. The molecular formula is C15H21N3O4. The number of nitrogens with zero attached hydrogens (tertiary/aromatic N) is 2. The van der Waals surface area contributed by atoms with Crippen LogP contribution in [-0.4, -0.2) is 47.3 Å². The van der Waals surface area contributed by atoms with Crippen LogP contribution in [0.5, 0.6) is 0 Å². The molecular weight excluding hydrogens is 286 g/mol. The number of carbonyl (C=O) groups is 2. The minimum absolute atomic E-state index is 0.139. The van der Waals surface area contributed by atoms with E-state index in [4.69, 9.17) is 9.47 Å². The molecule has 0 aromatic carbocycles. The van der Waals surface area contributed by atoms with Crippen molar-refractivity contribution in [1.82, 2.24) is 14.9 Å². The van der Waals surface area contributed by atoms with Gasteiger partial charge >= 0.3 is 5.97 Å². The monoisotopic (exact) mass is 307 g/mol. The van der Waals surface area contributed by atoms with E-state index in [0.29, 0.717) is 18.7 Å². The number of esters is 1. The van der Waals surface area contributed by atoms with E-state index in [1.165, 1.54) is 7.11 Å². The Balaban J connectivity index is 1.87. The molecule has 3 heterocycles. The molecule has 1 saturated heterocycles. The maximum atomic E-state index is 12.7. The number of methoxy groups -OCH3 is 1. The average molecular weight is 307 g/mol. The molecule has 1 N–H and O–H groups in total. The van der Waals surface area contributed by atoms with Crippen molar-refractivity contribution in [2.75, 3.05) is 20.3 Å². The van der Waals surface area contributed by atoms with Gasteiger partial charge in [-0.15, -0.1) is 0 Å². The Bertz CT molecular complexity index is 602. The maximum Gasteiger partial charge on any atom is 0.334 e. The highest BCUT2D eigenvalue weighted by molar-refractivity contribution is 5.98. The van der Waals surface area contributed by atoms with Crippen LogP contribution in [0.1, 0.15) is 41.3 Å². The summed E-state index contributed by atoms with van der Waals surface area (Å²) in [4.78, 5) is 29.1. The number of ether oxygens (including phenoxy) is 2. The lowest BCUT2D eigenvalue weighted by molar-refractivity contribution is -0.148. The lowest BCUT2D eigenvalue weighted by Gasteiger charge is -2.25. The highest BCUT2D eigenvalue weighted by Gasteiger charge is 2.45. The van der Waals surface area contributed by atoms with Crippen LogP contribution in [0.2, 0.25) is 0 Å². The summed E-state index contributed by atoms with van der Waals surface area (Å²) >= 11 is 0. The topological polar surface area (TPSA) is 82.5 Å². The van der Waals surface area contributed by atoms with Crippen molar-refractivity contribution in [2.24, 2.45) is 0 Å². The lowest BCUT2D eigenvalue weighted by atomic mass is 9.98. The zero-order chi connectivity index (χ0) is 15.7. The first-order chi connectivity index (χ1) is 10.6. The first kappa shape index (κ1) is 15.0. The third kappa shape index (κ3) is 2.39. The van der Waals surface area contributed by atoms with Gasteiger partial charge in [-0.05, 0) is 26.2 Å². The van der Waals surface area contributed by atoms with Crippen LogP contribution in [-0.2, 0) is 27.2 Å². The van der Waals surface area contributed by atoms with E-state index < -0.39 is 11.5 Å². The summed E-state index contributed by atoms with van der Waals surface area (Å²) in [6.07, 6.45) is 3.41. The molecule has 1 aromatic heterocycles. The standard InChI is InChI=1S/C15H21N3O4/c1-10-16-12(11-5-3-4-7-18(10)11)13(19)17-15(14(20)21-2)6-8-22-9-15/h3-9H2,1-2H3,(H,17,19)/t15-/m0/s1. The summed E-state index contributed by atoms with van der Waals surface area (Å²) in [5.41, 5.74) is 0.290. The number of imidazole rings is 1. The third-order valence-electron chi connectivity index (χ3n) is 4.47. The molecule has 7 heteroatoms. The van der Waals surface area contributed by atoms with Gasteiger partial charge in [0.25, 0.3) is 5.91 Å². The minimum atomic E-state index is -1.09. The molecule has 1 fully saturated rings. The van der Waals surface area contributed by atoms with E-state index in [1.807, 2.05) is 6.92 Å². The first-order valence-corrected chi connectivity index (χ1v) is 7.62. The minimum Gasteiger partial charge on any atom is -0.467 e. The predicted molar refractivity (Wildman–Crippen MR) is 77.6 cm³/mol. The van der Waals surface area contributed by atoms with Gasteiger partial charge in [0.2, 0.25) is 0 Å². The summed E-state index contributed by atoms with van der Waals surface area (Å²) in [6, 6.07) is 0. The fourth-order valence-electron chi connectivity index (χ4n) is 3.25. The molecule has 0 spiro atoms. The molecule has 22 heavy (non-hydrogen) atoms. The molecule has 2 aliphatic heterocycles. The third-order valence-corrected chi connectivity index (χ3v) is 4.47. The van der Waals surface area contributed by atoms with Crippen molar-refractivity contribution in [2.45, 2.75) is 44.7 Å². The van der Waals surface area contributed by atoms with Gasteiger partial charge in [0.15, 0.2) is 5.54 Å². The molecule has 3 rings (SSSR count). The zero-order valence-electron chi connectivity index (χ0n) is 13.0. The summed E-state index contributed by atoms with van der Waals surface area (Å²) in [6.45, 7) is 3.36. The number of hydrogen-bond donors (Lipinski definition) is 1. The van der Waals surface area contributed by atoms with Crippen molar-refractivity contribution < 1.29 is 19.1 Å². The molecule has 2 aliphatic rings. The quantitative estimate of drug-likeness (QED) is 0.827. The molecule has 0 radical (unpaired) electrons. The fourth-order valence-corrected chi connectivity index (χ4v) is 3.25. The van der Waals surface area contributed by atoms with Crippen LogP contribution in [0.15, 0.2) is 0 Å². The van der Waals surface area contributed by atoms with Crippen molar-refractivity contribution in [1.29, 1.82) is 0 Å². The van der Waals surface area contributed by atoms with Gasteiger partial charge in [0, 0.05) is 19.6 Å². The lowest BCUT2D eigenvalue weighted by Crippen LogP contribution is -2.56. The normalized spacial score (nSPS) is 23.9. The second-order valence-electron chi connectivity index (χ2n) is 5.89. The van der Waals surface area contributed by atoms with Crippen molar-refractivity contribution in [3.63, 3.8) is 0 Å². The number of aryl methyl sites for hydroxylation is 1. The molecule has 0 unspecified atom stereocenters. The number of nitrogens with one attached hydrogen (secondary N) is 1. The molecule has 120 valence electrons. The first-order valence-electron chi connectivity index (χ1n) is 7.62. The number of fused-ring (bicyclic) bond motifs is 1. The van der Waals surface area contributed by atoms with Gasteiger partial charge in [-0.3, -0.25) is 4.79 Å². The number of carbonyl (C=O) groups excluding carboxylic acids is 2. The summed E-state index contributed by atoms with van der Waals surface area (Å²) in [5, 5.41) is 2.81.